The summed E-state index contributed by atoms with van der Waals surface area (Å²) in [4.78, 5) is 50.7. The van der Waals surface area contributed by atoms with Crippen molar-refractivity contribution in [1.29, 1.82) is 5.26 Å². The van der Waals surface area contributed by atoms with Gasteiger partial charge in [-0.05, 0) is 52.0 Å². The van der Waals surface area contributed by atoms with Crippen LogP contribution in [0.2, 0.25) is 5.02 Å². The Morgan fingerprint density at radius 2 is 1.96 bits per heavy atom. The summed E-state index contributed by atoms with van der Waals surface area (Å²) in [6.07, 6.45) is 2.52. The normalized spacial score (nSPS) is 18.0. The van der Waals surface area contributed by atoms with Crippen LogP contribution in [0, 0.1) is 17.1 Å². The number of nitrogens with zero attached hydrogens (tertiary/aromatic N) is 8. The van der Waals surface area contributed by atoms with Gasteiger partial charge >= 0.3 is 0 Å². The van der Waals surface area contributed by atoms with Crippen LogP contribution in [-0.2, 0) is 15.1 Å². The molecule has 3 aromatic heterocycles. The van der Waals surface area contributed by atoms with Crippen molar-refractivity contribution in [3.05, 3.63) is 69.9 Å². The number of carbonyl (C=O) groups is 2. The number of pyridine rings is 2. The quantitative estimate of drug-likeness (QED) is 0.331. The first-order valence-corrected chi connectivity index (χ1v) is 14.8. The SMILES string of the molecule is C=CC(=O)N1C[C@@H](C)N2c3c(c(=O)n(-c4c(C#N)cnn4C(C)(C)C)c4nc(-c5c(O)cccc5F)c(Cl)cc34)N(C)C(=O)[C@H]2C1. The van der Waals surface area contributed by atoms with Gasteiger partial charge in [-0.25, -0.2) is 18.6 Å². The molecule has 0 radical (unpaired) electrons. The van der Waals surface area contributed by atoms with Crippen LogP contribution in [0.3, 0.4) is 0 Å². The number of aromatic nitrogens is 4. The maximum absolute atomic E-state index is 15.2. The summed E-state index contributed by atoms with van der Waals surface area (Å²) in [7, 11) is 1.47. The molecule has 0 saturated carbocycles. The highest BCUT2D eigenvalue weighted by atomic mass is 35.5. The number of piperazine rings is 1. The summed E-state index contributed by atoms with van der Waals surface area (Å²) >= 11 is 6.80. The number of hydrogen-bond donors (Lipinski definition) is 1. The van der Waals surface area contributed by atoms with Gasteiger partial charge in [0.25, 0.3) is 11.5 Å². The first-order valence-electron chi connectivity index (χ1n) is 14.4. The number of fused-ring (bicyclic) bond motifs is 5. The van der Waals surface area contributed by atoms with Gasteiger partial charge in [-0.15, -0.1) is 0 Å². The van der Waals surface area contributed by atoms with Crippen molar-refractivity contribution < 1.29 is 19.1 Å². The number of halogens is 2. The molecule has 1 N–H and O–H groups in total. The van der Waals surface area contributed by atoms with Crippen LogP contribution in [0.4, 0.5) is 15.8 Å². The topological polar surface area (TPSA) is 141 Å². The van der Waals surface area contributed by atoms with E-state index in [9.17, 15) is 24.8 Å². The highest BCUT2D eigenvalue weighted by molar-refractivity contribution is 6.34. The van der Waals surface area contributed by atoms with E-state index in [1.54, 1.807) is 4.90 Å². The predicted octanol–water partition coefficient (Wildman–Crippen LogP) is 3.94. The van der Waals surface area contributed by atoms with Crippen molar-refractivity contribution in [2.45, 2.75) is 45.3 Å². The molecule has 1 aromatic carbocycles. The van der Waals surface area contributed by atoms with Crippen LogP contribution in [0.25, 0.3) is 28.1 Å². The Bertz CT molecular complexity index is 2070. The minimum atomic E-state index is -0.854. The predicted molar refractivity (Wildman–Crippen MR) is 171 cm³/mol. The second-order valence-corrected chi connectivity index (χ2v) is 12.8. The van der Waals surface area contributed by atoms with E-state index in [1.165, 1.54) is 56.6 Å². The van der Waals surface area contributed by atoms with Gasteiger partial charge in [0.2, 0.25) is 5.91 Å². The number of hydrogen-bond acceptors (Lipinski definition) is 8. The molecule has 12 nitrogen and oxygen atoms in total. The third-order valence-corrected chi connectivity index (χ3v) is 8.66. The average molecular weight is 645 g/mol. The van der Waals surface area contributed by atoms with E-state index in [0.717, 1.165) is 6.07 Å². The first kappa shape index (κ1) is 30.8. The molecule has 236 valence electrons. The van der Waals surface area contributed by atoms with Gasteiger partial charge in [0.05, 0.1) is 40.2 Å². The zero-order chi connectivity index (χ0) is 33.4. The van der Waals surface area contributed by atoms with E-state index < -0.39 is 40.7 Å². The van der Waals surface area contributed by atoms with Crippen LogP contribution < -0.4 is 15.4 Å². The lowest BCUT2D eigenvalue weighted by Crippen LogP contribution is -2.66. The van der Waals surface area contributed by atoms with Crippen molar-refractivity contribution in [1.82, 2.24) is 24.2 Å². The number of phenols is 1. The van der Waals surface area contributed by atoms with Gasteiger partial charge < -0.3 is 19.8 Å². The molecule has 6 rings (SSSR count). The minimum absolute atomic E-state index is 0.00778. The van der Waals surface area contributed by atoms with Crippen molar-refractivity contribution >= 4 is 45.8 Å². The summed E-state index contributed by atoms with van der Waals surface area (Å²) in [5.74, 6) is -1.86. The molecule has 0 bridgehead atoms. The van der Waals surface area contributed by atoms with E-state index in [2.05, 4.69) is 17.7 Å². The molecule has 14 heteroatoms. The Balaban J connectivity index is 1.78. The number of anilines is 2. The minimum Gasteiger partial charge on any atom is -0.507 e. The highest BCUT2D eigenvalue weighted by Crippen LogP contribution is 2.45. The molecule has 4 aromatic rings. The fourth-order valence-electron chi connectivity index (χ4n) is 6.37. The van der Waals surface area contributed by atoms with Gasteiger partial charge in [0.15, 0.2) is 11.5 Å². The molecule has 2 amide bonds. The number of rotatable bonds is 3. The Morgan fingerprint density at radius 1 is 1.24 bits per heavy atom. The highest BCUT2D eigenvalue weighted by Gasteiger charge is 2.47. The molecule has 0 spiro atoms. The number of aromatic hydroxyl groups is 1. The summed E-state index contributed by atoms with van der Waals surface area (Å²) in [5, 5.41) is 25.5. The molecule has 2 aliphatic heterocycles. The monoisotopic (exact) mass is 644 g/mol. The van der Waals surface area contributed by atoms with Crippen molar-refractivity contribution in [2.75, 3.05) is 29.9 Å². The fraction of sp³-hybridized carbons (Fsp3) is 0.312. The van der Waals surface area contributed by atoms with Crippen LogP contribution >= 0.6 is 11.6 Å². The Kier molecular flexibility index (Phi) is 7.16. The number of carbonyl (C=O) groups excluding carboxylic acids is 2. The Hall–Kier alpha value is -5.22. The molecule has 1 saturated heterocycles. The van der Waals surface area contributed by atoms with E-state index in [0.29, 0.717) is 11.1 Å². The zero-order valence-corrected chi connectivity index (χ0v) is 26.5. The van der Waals surface area contributed by atoms with Gasteiger partial charge in [-0.2, -0.15) is 10.4 Å². The van der Waals surface area contributed by atoms with E-state index in [4.69, 9.17) is 16.6 Å². The maximum Gasteiger partial charge on any atom is 0.284 e. The third kappa shape index (κ3) is 4.43. The lowest BCUT2D eigenvalue weighted by atomic mass is 9.97. The lowest BCUT2D eigenvalue weighted by Gasteiger charge is -2.50. The number of likely N-dealkylation sites (N-methyl/N-ethyl adjacent to an activating group) is 1. The number of amides is 2. The van der Waals surface area contributed by atoms with Gasteiger partial charge in [-0.1, -0.05) is 24.2 Å². The van der Waals surface area contributed by atoms with E-state index in [1.807, 2.05) is 27.7 Å². The molecule has 5 heterocycles. The van der Waals surface area contributed by atoms with Gasteiger partial charge in [0, 0.05) is 25.0 Å². The van der Waals surface area contributed by atoms with Crippen molar-refractivity contribution in [2.24, 2.45) is 0 Å². The Morgan fingerprint density at radius 3 is 2.59 bits per heavy atom. The Labute approximate surface area is 268 Å². The average Bonchev–Trinajstić information content (AvgIpc) is 3.44. The smallest absolute Gasteiger partial charge is 0.284 e. The molecular weight excluding hydrogens is 615 g/mol. The van der Waals surface area contributed by atoms with Crippen molar-refractivity contribution in [3.63, 3.8) is 0 Å². The molecule has 0 unspecified atom stereocenters. The van der Waals surface area contributed by atoms with E-state index >= 15 is 4.39 Å². The van der Waals surface area contributed by atoms with Crippen LogP contribution in [0.5, 0.6) is 5.75 Å². The number of nitriles is 1. The summed E-state index contributed by atoms with van der Waals surface area (Å²) in [6.45, 7) is 11.2. The maximum atomic E-state index is 15.2. The standard InChI is InChI=1S/C32H30ClFN8O4/c1-7-23(44)39-14-16(2)40-21(15-39)30(45)38(6)27-26(40)18-11-19(33)25(24-20(34)9-8-10-22(24)43)37-28(18)41(31(27)46)29-17(12-35)13-36-42(29)32(3,4)5/h7-11,13,16,21,43H,1,14-15H2,2-6H3/t16-,21-/m1/s1. The fourth-order valence-corrected chi connectivity index (χ4v) is 6.61. The third-order valence-electron chi connectivity index (χ3n) is 8.38. The molecule has 2 aliphatic rings. The van der Waals surface area contributed by atoms with Gasteiger partial charge in [0.1, 0.15) is 34.9 Å². The second-order valence-electron chi connectivity index (χ2n) is 12.4. The second kappa shape index (κ2) is 10.7. The van der Waals surface area contributed by atoms with Crippen LogP contribution in [0.15, 0.2) is 47.9 Å². The first-order chi connectivity index (χ1) is 21.7. The summed E-state index contributed by atoms with van der Waals surface area (Å²) < 4.78 is 17.9. The number of benzene rings is 1. The zero-order valence-electron chi connectivity index (χ0n) is 25.7. The largest absolute Gasteiger partial charge is 0.507 e. The van der Waals surface area contributed by atoms with Crippen LogP contribution in [0.1, 0.15) is 33.3 Å². The van der Waals surface area contributed by atoms with Crippen molar-refractivity contribution in [3.8, 4) is 28.9 Å². The molecule has 1 fully saturated rings. The van der Waals surface area contributed by atoms with Crippen LogP contribution in [-0.4, -0.2) is 73.4 Å². The molecule has 0 aliphatic carbocycles. The van der Waals surface area contributed by atoms with Gasteiger partial charge in [-0.3, -0.25) is 14.4 Å². The summed E-state index contributed by atoms with van der Waals surface area (Å²) in [5.41, 5.74) is -1.41. The number of phenolic OH excluding ortho intramolecular Hbond substituents is 1. The lowest BCUT2D eigenvalue weighted by molar-refractivity contribution is -0.129. The molecular formula is C32H30ClFN8O4. The van der Waals surface area contributed by atoms with E-state index in [-0.39, 0.29) is 58.0 Å². The summed E-state index contributed by atoms with van der Waals surface area (Å²) in [6, 6.07) is 6.09. The molecule has 2 atom stereocenters. The molecule has 46 heavy (non-hydrogen) atoms.